The van der Waals surface area contributed by atoms with Crippen molar-refractivity contribution >= 4 is 17.9 Å². The normalized spacial score (nSPS) is 12.6. The van der Waals surface area contributed by atoms with Crippen LogP contribution in [0.5, 0.6) is 0 Å². The molecule has 0 aromatic rings. The molecule has 0 spiro atoms. The third kappa shape index (κ3) is 34.1. The lowest BCUT2D eigenvalue weighted by Gasteiger charge is -2.18. The summed E-state index contributed by atoms with van der Waals surface area (Å²) >= 11 is 0. The lowest BCUT2D eigenvalue weighted by atomic mass is 9.99. The summed E-state index contributed by atoms with van der Waals surface area (Å²) < 4.78 is 16.5. The molecule has 2 atom stereocenters. The van der Waals surface area contributed by atoms with E-state index in [9.17, 15) is 14.4 Å². The van der Waals surface area contributed by atoms with Crippen molar-refractivity contribution in [3.63, 3.8) is 0 Å². The molecule has 0 amide bonds. The van der Waals surface area contributed by atoms with Crippen LogP contribution in [0.3, 0.4) is 0 Å². The fraction of sp³-hybridized carbons (Fsp3) is 0.927. The molecule has 6 heteroatoms. The fourth-order valence-corrected chi connectivity index (χ4v) is 5.84. The van der Waals surface area contributed by atoms with Gasteiger partial charge in [0.1, 0.15) is 13.2 Å². The Kier molecular flexibility index (Phi) is 33.1. The van der Waals surface area contributed by atoms with Crippen LogP contribution in [0, 0.1) is 11.8 Å². The van der Waals surface area contributed by atoms with Gasteiger partial charge in [0.15, 0.2) is 6.10 Å². The summed E-state index contributed by atoms with van der Waals surface area (Å²) in [5, 5.41) is 0. The first kappa shape index (κ1) is 45.4. The molecule has 0 rings (SSSR count). The van der Waals surface area contributed by atoms with Crippen LogP contribution in [0.25, 0.3) is 0 Å². The van der Waals surface area contributed by atoms with Gasteiger partial charge in [-0.25, -0.2) is 0 Å². The van der Waals surface area contributed by atoms with Crippen LogP contribution in [0.4, 0.5) is 0 Å². The van der Waals surface area contributed by atoms with Crippen LogP contribution in [-0.2, 0) is 28.6 Å². The SMILES string of the molecule is CCCCCCCC(=O)OC[C@H](COC(=O)CCCCCCCCCCC(C)CC)OC(=O)CCCCCCCCCCCC(C)C. The largest absolute Gasteiger partial charge is 0.462 e. The third-order valence-corrected chi connectivity index (χ3v) is 9.33. The van der Waals surface area contributed by atoms with Gasteiger partial charge >= 0.3 is 17.9 Å². The molecule has 278 valence electrons. The van der Waals surface area contributed by atoms with Gasteiger partial charge in [-0.1, -0.05) is 176 Å². The van der Waals surface area contributed by atoms with E-state index in [1.54, 1.807) is 0 Å². The lowest BCUT2D eigenvalue weighted by Crippen LogP contribution is -2.30. The molecule has 0 saturated heterocycles. The fourth-order valence-electron chi connectivity index (χ4n) is 5.84. The second-order valence-electron chi connectivity index (χ2n) is 14.6. The van der Waals surface area contributed by atoms with Gasteiger partial charge in [-0.15, -0.1) is 0 Å². The molecule has 6 nitrogen and oxygen atoms in total. The average Bonchev–Trinajstić information content (AvgIpc) is 3.05. The highest BCUT2D eigenvalue weighted by atomic mass is 16.6. The van der Waals surface area contributed by atoms with Crippen molar-refractivity contribution in [2.45, 2.75) is 221 Å². The minimum absolute atomic E-state index is 0.0673. The second-order valence-corrected chi connectivity index (χ2v) is 14.6. The molecule has 0 aliphatic heterocycles. The van der Waals surface area contributed by atoms with Crippen molar-refractivity contribution in [3.8, 4) is 0 Å². The van der Waals surface area contributed by atoms with E-state index >= 15 is 0 Å². The molecule has 1 unspecified atom stereocenters. The maximum Gasteiger partial charge on any atom is 0.306 e. The molecular formula is C41H78O6. The summed E-state index contributed by atoms with van der Waals surface area (Å²) in [6.07, 6.45) is 29.7. The van der Waals surface area contributed by atoms with Crippen molar-refractivity contribution in [2.24, 2.45) is 11.8 Å². The summed E-state index contributed by atoms with van der Waals surface area (Å²) in [4.78, 5) is 37.3. The van der Waals surface area contributed by atoms with Gasteiger partial charge in [-0.05, 0) is 31.1 Å². The number of rotatable bonds is 35. The first-order chi connectivity index (χ1) is 22.8. The first-order valence-corrected chi connectivity index (χ1v) is 20.3. The highest BCUT2D eigenvalue weighted by Gasteiger charge is 2.19. The van der Waals surface area contributed by atoms with Crippen molar-refractivity contribution in [3.05, 3.63) is 0 Å². The van der Waals surface area contributed by atoms with E-state index in [2.05, 4.69) is 34.6 Å². The third-order valence-electron chi connectivity index (χ3n) is 9.33. The van der Waals surface area contributed by atoms with Gasteiger partial charge in [0.05, 0.1) is 0 Å². The summed E-state index contributed by atoms with van der Waals surface area (Å²) in [5.74, 6) is 0.774. The molecule has 0 N–H and O–H groups in total. The van der Waals surface area contributed by atoms with Crippen LogP contribution in [0.2, 0.25) is 0 Å². The molecule has 47 heavy (non-hydrogen) atoms. The minimum atomic E-state index is -0.758. The number of hydrogen-bond acceptors (Lipinski definition) is 6. The number of carbonyl (C=O) groups excluding carboxylic acids is 3. The van der Waals surface area contributed by atoms with Gasteiger partial charge in [0.2, 0.25) is 0 Å². The molecule has 0 aliphatic carbocycles. The van der Waals surface area contributed by atoms with Crippen LogP contribution in [0.15, 0.2) is 0 Å². The van der Waals surface area contributed by atoms with E-state index in [0.717, 1.165) is 76.0 Å². The molecule has 0 aromatic heterocycles. The van der Waals surface area contributed by atoms with Crippen molar-refractivity contribution in [1.29, 1.82) is 0 Å². The van der Waals surface area contributed by atoms with Crippen molar-refractivity contribution < 1.29 is 28.6 Å². The summed E-state index contributed by atoms with van der Waals surface area (Å²) in [6.45, 7) is 11.2. The van der Waals surface area contributed by atoms with Crippen molar-refractivity contribution in [2.75, 3.05) is 13.2 Å². The Labute approximate surface area is 291 Å². The Morgan fingerprint density at radius 1 is 0.447 bits per heavy atom. The summed E-state index contributed by atoms with van der Waals surface area (Å²) in [6, 6.07) is 0. The van der Waals surface area contributed by atoms with Gasteiger partial charge in [0, 0.05) is 19.3 Å². The first-order valence-electron chi connectivity index (χ1n) is 20.3. The number of esters is 3. The predicted octanol–water partition coefficient (Wildman–Crippen LogP) is 12.2. The highest BCUT2D eigenvalue weighted by molar-refractivity contribution is 5.71. The zero-order valence-corrected chi connectivity index (χ0v) is 31.9. The molecule has 0 fully saturated rings. The standard InChI is InChI=1S/C41H78O6/c1-6-8-9-19-26-31-39(42)45-34-38(47-41(44)33-28-23-18-12-10-11-15-20-24-29-36(3)4)35-46-40(43)32-27-22-17-14-13-16-21-25-30-37(5)7-2/h36-38H,6-35H2,1-5H3/t37?,38-/m1/s1. The maximum atomic E-state index is 12.6. The van der Waals surface area contributed by atoms with E-state index in [0.29, 0.717) is 19.3 Å². The average molecular weight is 667 g/mol. The maximum absolute atomic E-state index is 12.6. The quantitative estimate of drug-likeness (QED) is 0.0380. The van der Waals surface area contributed by atoms with Crippen LogP contribution in [0.1, 0.15) is 214 Å². The zero-order chi connectivity index (χ0) is 34.8. The van der Waals surface area contributed by atoms with Crippen LogP contribution in [-0.4, -0.2) is 37.2 Å². The number of unbranched alkanes of at least 4 members (excludes halogenated alkanes) is 19. The Bertz CT molecular complexity index is 721. The molecular weight excluding hydrogens is 588 g/mol. The molecule has 0 bridgehead atoms. The monoisotopic (exact) mass is 667 g/mol. The van der Waals surface area contributed by atoms with Gasteiger partial charge < -0.3 is 14.2 Å². The van der Waals surface area contributed by atoms with Crippen LogP contribution < -0.4 is 0 Å². The van der Waals surface area contributed by atoms with E-state index in [1.165, 1.54) is 96.3 Å². The highest BCUT2D eigenvalue weighted by Crippen LogP contribution is 2.16. The van der Waals surface area contributed by atoms with Gasteiger partial charge in [0.25, 0.3) is 0 Å². The molecule has 0 radical (unpaired) electrons. The van der Waals surface area contributed by atoms with E-state index in [-0.39, 0.29) is 31.1 Å². The van der Waals surface area contributed by atoms with Gasteiger partial charge in [-0.2, -0.15) is 0 Å². The zero-order valence-electron chi connectivity index (χ0n) is 31.9. The Hall–Kier alpha value is -1.59. The second kappa shape index (κ2) is 34.3. The molecule has 0 saturated carbocycles. The van der Waals surface area contributed by atoms with Crippen LogP contribution >= 0.6 is 0 Å². The van der Waals surface area contributed by atoms with Gasteiger partial charge in [-0.3, -0.25) is 14.4 Å². The Balaban J connectivity index is 4.27. The molecule has 0 aliphatic rings. The van der Waals surface area contributed by atoms with Crippen molar-refractivity contribution in [1.82, 2.24) is 0 Å². The summed E-state index contributed by atoms with van der Waals surface area (Å²) in [5.41, 5.74) is 0. The Morgan fingerprint density at radius 3 is 1.21 bits per heavy atom. The number of hydrogen-bond donors (Lipinski definition) is 0. The molecule has 0 aromatic carbocycles. The van der Waals surface area contributed by atoms with E-state index < -0.39 is 6.10 Å². The molecule has 0 heterocycles. The number of ether oxygens (including phenoxy) is 3. The predicted molar refractivity (Wildman–Crippen MR) is 196 cm³/mol. The summed E-state index contributed by atoms with van der Waals surface area (Å²) in [7, 11) is 0. The van der Waals surface area contributed by atoms with E-state index in [1.807, 2.05) is 0 Å². The number of carbonyl (C=O) groups is 3. The van der Waals surface area contributed by atoms with E-state index in [4.69, 9.17) is 14.2 Å². The lowest BCUT2D eigenvalue weighted by molar-refractivity contribution is -0.167. The Morgan fingerprint density at radius 2 is 0.809 bits per heavy atom. The minimum Gasteiger partial charge on any atom is -0.462 e. The smallest absolute Gasteiger partial charge is 0.306 e. The topological polar surface area (TPSA) is 78.9 Å².